The van der Waals surface area contributed by atoms with Gasteiger partial charge in [0, 0.05) is 0 Å². The van der Waals surface area contributed by atoms with Crippen LogP contribution < -0.4 is 14.4 Å². The number of benzene rings is 3. The predicted octanol–water partition coefficient (Wildman–Crippen LogP) is 8.84. The summed E-state index contributed by atoms with van der Waals surface area (Å²) >= 11 is 5.01. The van der Waals surface area contributed by atoms with Crippen molar-refractivity contribution in [2.24, 2.45) is 4.99 Å². The summed E-state index contributed by atoms with van der Waals surface area (Å²) < 4.78 is 12.5. The molecule has 0 radical (unpaired) electrons. The first-order valence-electron chi connectivity index (χ1n) is 12.9. The maximum Gasteiger partial charge on any atom is 0.271 e. The molecule has 0 atom stereocenters. The summed E-state index contributed by atoms with van der Waals surface area (Å²) in [6.45, 7) is 6.90. The molecule has 0 saturated carbocycles. The number of hydrogen-bond donors (Lipinski definition) is 0. The van der Waals surface area contributed by atoms with Gasteiger partial charge in [0.05, 0.1) is 34.5 Å². The molecule has 3 aromatic rings. The fourth-order valence-electron chi connectivity index (χ4n) is 4.02. The standard InChI is InChI=1S/C31H33BrN2O3S/c1-5-6-7-8-17-37-29-26(32)18-23(19-27(29)36-4)20-28-30(35)34(25-15-11-22(3)12-16-25)31(38-28)33-24-13-9-21(2)10-14-24/h9-16,18-20H,5-8,17H2,1-4H3/b28-20+,33-31?. The average Bonchev–Trinajstić information content (AvgIpc) is 3.20. The van der Waals surface area contributed by atoms with E-state index < -0.39 is 0 Å². The van der Waals surface area contributed by atoms with Gasteiger partial charge in [0.15, 0.2) is 16.7 Å². The van der Waals surface area contributed by atoms with Crippen LogP contribution in [0.1, 0.15) is 49.3 Å². The lowest BCUT2D eigenvalue weighted by atomic mass is 10.1. The summed E-state index contributed by atoms with van der Waals surface area (Å²) in [6.07, 6.45) is 6.41. The normalized spacial score (nSPS) is 15.5. The number of unbranched alkanes of at least 4 members (excludes halogenated alkanes) is 3. The molecule has 198 valence electrons. The van der Waals surface area contributed by atoms with Gasteiger partial charge in [-0.2, -0.15) is 0 Å². The zero-order chi connectivity index (χ0) is 27.1. The number of aryl methyl sites for hydroxylation is 2. The smallest absolute Gasteiger partial charge is 0.271 e. The van der Waals surface area contributed by atoms with Gasteiger partial charge < -0.3 is 9.47 Å². The summed E-state index contributed by atoms with van der Waals surface area (Å²) in [5, 5.41) is 0.618. The zero-order valence-electron chi connectivity index (χ0n) is 22.3. The minimum absolute atomic E-state index is 0.115. The van der Waals surface area contributed by atoms with Gasteiger partial charge in [0.25, 0.3) is 5.91 Å². The highest BCUT2D eigenvalue weighted by molar-refractivity contribution is 9.10. The Morgan fingerprint density at radius 2 is 1.66 bits per heavy atom. The van der Waals surface area contributed by atoms with Crippen LogP contribution in [0.4, 0.5) is 11.4 Å². The number of halogens is 1. The molecular formula is C31H33BrN2O3S. The number of nitrogens with zero attached hydrogens (tertiary/aromatic N) is 2. The largest absolute Gasteiger partial charge is 0.493 e. The first-order chi connectivity index (χ1) is 18.4. The number of carbonyl (C=O) groups excluding carboxylic acids is 1. The Bertz CT molecular complexity index is 1330. The molecule has 1 fully saturated rings. The van der Waals surface area contributed by atoms with Crippen molar-refractivity contribution >= 4 is 56.2 Å². The number of amidine groups is 1. The Kier molecular flexibility index (Phi) is 9.69. The summed E-state index contributed by atoms with van der Waals surface area (Å²) in [5.41, 5.74) is 4.71. The van der Waals surface area contributed by atoms with Crippen molar-refractivity contribution in [3.63, 3.8) is 0 Å². The molecule has 1 aliphatic rings. The minimum atomic E-state index is -0.115. The Hall–Kier alpha value is -3.03. The van der Waals surface area contributed by atoms with Crippen LogP contribution in [0, 0.1) is 13.8 Å². The van der Waals surface area contributed by atoms with Gasteiger partial charge in [-0.1, -0.05) is 61.6 Å². The molecule has 4 rings (SSSR count). The van der Waals surface area contributed by atoms with Gasteiger partial charge in [-0.15, -0.1) is 0 Å². The summed E-state index contributed by atoms with van der Waals surface area (Å²) in [7, 11) is 1.63. The van der Waals surface area contributed by atoms with Crippen molar-refractivity contribution in [3.05, 3.63) is 86.7 Å². The Labute approximate surface area is 238 Å². The summed E-state index contributed by atoms with van der Waals surface area (Å²) in [6, 6.07) is 19.7. The van der Waals surface area contributed by atoms with E-state index in [1.165, 1.54) is 24.6 Å². The van der Waals surface area contributed by atoms with Crippen LogP contribution in [-0.4, -0.2) is 24.8 Å². The van der Waals surface area contributed by atoms with Crippen LogP contribution in [0.25, 0.3) is 6.08 Å². The predicted molar refractivity (Wildman–Crippen MR) is 163 cm³/mol. The van der Waals surface area contributed by atoms with E-state index in [4.69, 9.17) is 14.5 Å². The molecule has 1 amide bonds. The first-order valence-corrected chi connectivity index (χ1v) is 14.5. The zero-order valence-corrected chi connectivity index (χ0v) is 24.7. The lowest BCUT2D eigenvalue weighted by molar-refractivity contribution is -0.113. The SMILES string of the molecule is CCCCCCOc1c(Br)cc(/C=C2/SC(=Nc3ccc(C)cc3)N(c3ccc(C)cc3)C2=O)cc1OC. The monoisotopic (exact) mass is 592 g/mol. The van der Waals surface area contributed by atoms with E-state index in [1.807, 2.05) is 80.6 Å². The maximum atomic E-state index is 13.7. The lowest BCUT2D eigenvalue weighted by Gasteiger charge is -2.16. The first kappa shape index (κ1) is 28.0. The van der Waals surface area contributed by atoms with Gasteiger partial charge in [0.2, 0.25) is 0 Å². The molecule has 0 N–H and O–H groups in total. The van der Waals surface area contributed by atoms with Crippen molar-refractivity contribution in [3.8, 4) is 11.5 Å². The molecule has 1 aliphatic heterocycles. The molecule has 0 spiro atoms. The van der Waals surface area contributed by atoms with Gasteiger partial charge >= 0.3 is 0 Å². The van der Waals surface area contributed by atoms with Crippen LogP contribution in [0.5, 0.6) is 11.5 Å². The van der Waals surface area contributed by atoms with Gasteiger partial charge in [0.1, 0.15) is 0 Å². The maximum absolute atomic E-state index is 13.7. The molecule has 3 aromatic carbocycles. The summed E-state index contributed by atoms with van der Waals surface area (Å²) in [4.78, 5) is 20.8. The average molecular weight is 594 g/mol. The van der Waals surface area contributed by atoms with Crippen molar-refractivity contribution in [1.82, 2.24) is 0 Å². The van der Waals surface area contributed by atoms with E-state index in [2.05, 4.69) is 22.9 Å². The molecule has 38 heavy (non-hydrogen) atoms. The molecule has 7 heteroatoms. The number of ether oxygens (including phenoxy) is 2. The Morgan fingerprint density at radius 1 is 0.974 bits per heavy atom. The second kappa shape index (κ2) is 13.2. The molecule has 1 heterocycles. The second-order valence-corrected chi connectivity index (χ2v) is 11.1. The number of amides is 1. The highest BCUT2D eigenvalue weighted by Crippen LogP contribution is 2.41. The van der Waals surface area contributed by atoms with Crippen LogP contribution in [0.2, 0.25) is 0 Å². The summed E-state index contributed by atoms with van der Waals surface area (Å²) in [5.74, 6) is 1.19. The van der Waals surface area contributed by atoms with Crippen molar-refractivity contribution < 1.29 is 14.3 Å². The van der Waals surface area contributed by atoms with Crippen molar-refractivity contribution in [2.45, 2.75) is 46.5 Å². The van der Waals surface area contributed by atoms with Crippen LogP contribution in [0.3, 0.4) is 0 Å². The van der Waals surface area contributed by atoms with E-state index in [9.17, 15) is 4.79 Å². The molecular weight excluding hydrogens is 560 g/mol. The number of anilines is 1. The van der Waals surface area contributed by atoms with Gasteiger partial charge in [-0.25, -0.2) is 4.99 Å². The molecule has 0 aliphatic carbocycles. The molecule has 0 aromatic heterocycles. The van der Waals surface area contributed by atoms with E-state index in [-0.39, 0.29) is 5.91 Å². The van der Waals surface area contributed by atoms with Crippen molar-refractivity contribution in [2.75, 3.05) is 18.6 Å². The van der Waals surface area contributed by atoms with E-state index >= 15 is 0 Å². The van der Waals surface area contributed by atoms with Gasteiger partial charge in [-0.05, 0) is 96.0 Å². The fraction of sp³-hybridized carbons (Fsp3) is 0.290. The number of thioether (sulfide) groups is 1. The van der Waals surface area contributed by atoms with Crippen LogP contribution in [-0.2, 0) is 4.79 Å². The Morgan fingerprint density at radius 3 is 2.32 bits per heavy atom. The van der Waals surface area contributed by atoms with Gasteiger partial charge in [-0.3, -0.25) is 9.69 Å². The number of aliphatic imine (C=N–C) groups is 1. The number of carbonyl (C=O) groups is 1. The highest BCUT2D eigenvalue weighted by atomic mass is 79.9. The Balaban J connectivity index is 1.65. The third kappa shape index (κ3) is 6.88. The second-order valence-electron chi connectivity index (χ2n) is 9.26. The van der Waals surface area contributed by atoms with E-state index in [1.54, 1.807) is 12.0 Å². The van der Waals surface area contributed by atoms with Crippen LogP contribution >= 0.6 is 27.7 Å². The lowest BCUT2D eigenvalue weighted by Crippen LogP contribution is -2.28. The molecule has 5 nitrogen and oxygen atoms in total. The molecule has 0 bridgehead atoms. The topological polar surface area (TPSA) is 51.1 Å². The quantitative estimate of drug-likeness (QED) is 0.174. The van der Waals surface area contributed by atoms with E-state index in [0.29, 0.717) is 28.2 Å². The van der Waals surface area contributed by atoms with E-state index in [0.717, 1.165) is 45.4 Å². The highest BCUT2D eigenvalue weighted by Gasteiger charge is 2.35. The number of rotatable bonds is 10. The fourth-order valence-corrected chi connectivity index (χ4v) is 5.59. The number of methoxy groups -OCH3 is 1. The molecule has 0 unspecified atom stereocenters. The third-order valence-electron chi connectivity index (χ3n) is 6.15. The number of hydrogen-bond acceptors (Lipinski definition) is 5. The van der Waals surface area contributed by atoms with Crippen LogP contribution in [0.15, 0.2) is 75.0 Å². The minimum Gasteiger partial charge on any atom is -0.493 e. The third-order valence-corrected chi connectivity index (χ3v) is 7.71. The van der Waals surface area contributed by atoms with Crippen molar-refractivity contribution in [1.29, 1.82) is 0 Å². The molecule has 1 saturated heterocycles.